The highest BCUT2D eigenvalue weighted by Gasteiger charge is 2.34. The standard InChI is InChI=1S/C27H31N5O4/c1-3-36-26(33)24-23(29-27(34)30-25(24)21-8-10-22(35-2)11-9-21)18-32-14-12-31(13-15-32)17-20-6-4-19(16-28)5-7-20/h4-11,25H,3,12-15,17-18H2,1-2H3,(H2,29,30,34). The molecule has 0 saturated carbocycles. The first kappa shape index (κ1) is 25.2. The number of benzene rings is 2. The van der Waals surface area contributed by atoms with Crippen molar-refractivity contribution in [3.8, 4) is 11.8 Å². The fourth-order valence-electron chi connectivity index (χ4n) is 4.51. The molecule has 2 aliphatic heterocycles. The van der Waals surface area contributed by atoms with Gasteiger partial charge in [-0.1, -0.05) is 24.3 Å². The summed E-state index contributed by atoms with van der Waals surface area (Å²) >= 11 is 0. The fourth-order valence-corrected chi connectivity index (χ4v) is 4.51. The molecule has 0 spiro atoms. The van der Waals surface area contributed by atoms with E-state index >= 15 is 0 Å². The number of nitriles is 1. The Bertz CT molecular complexity index is 1150. The monoisotopic (exact) mass is 489 g/mol. The zero-order valence-corrected chi connectivity index (χ0v) is 20.6. The van der Waals surface area contributed by atoms with E-state index in [1.165, 1.54) is 5.56 Å². The zero-order valence-electron chi connectivity index (χ0n) is 20.6. The molecule has 0 aromatic heterocycles. The molecule has 0 aliphatic carbocycles. The zero-order chi connectivity index (χ0) is 25.5. The van der Waals surface area contributed by atoms with Crippen LogP contribution in [-0.4, -0.2) is 68.2 Å². The van der Waals surface area contributed by atoms with Crippen LogP contribution in [0, 0.1) is 11.3 Å². The van der Waals surface area contributed by atoms with E-state index in [1.807, 2.05) is 36.4 Å². The predicted octanol–water partition coefficient (Wildman–Crippen LogP) is 2.56. The third-order valence-electron chi connectivity index (χ3n) is 6.43. The van der Waals surface area contributed by atoms with Gasteiger partial charge in [-0.2, -0.15) is 5.26 Å². The highest BCUT2D eigenvalue weighted by atomic mass is 16.5. The summed E-state index contributed by atoms with van der Waals surface area (Å²) in [4.78, 5) is 30.2. The van der Waals surface area contributed by atoms with Gasteiger partial charge in [-0.3, -0.25) is 9.80 Å². The number of nitrogens with zero attached hydrogens (tertiary/aromatic N) is 3. The van der Waals surface area contributed by atoms with Gasteiger partial charge in [0, 0.05) is 45.0 Å². The number of carbonyl (C=O) groups is 2. The van der Waals surface area contributed by atoms with E-state index in [0.29, 0.717) is 29.1 Å². The topological polar surface area (TPSA) is 107 Å². The van der Waals surface area contributed by atoms with Crippen molar-refractivity contribution in [3.63, 3.8) is 0 Å². The van der Waals surface area contributed by atoms with Crippen LogP contribution in [0.1, 0.15) is 29.7 Å². The number of carbonyl (C=O) groups excluding carboxylic acids is 2. The Labute approximate surface area is 211 Å². The Morgan fingerprint density at radius 2 is 1.67 bits per heavy atom. The van der Waals surface area contributed by atoms with Gasteiger partial charge >= 0.3 is 12.0 Å². The van der Waals surface area contributed by atoms with Gasteiger partial charge in [0.05, 0.1) is 37.0 Å². The molecule has 1 atom stereocenters. The van der Waals surface area contributed by atoms with E-state index in [4.69, 9.17) is 14.7 Å². The molecular weight excluding hydrogens is 458 g/mol. The van der Waals surface area contributed by atoms with Gasteiger partial charge in [-0.05, 0) is 42.3 Å². The van der Waals surface area contributed by atoms with Crippen LogP contribution < -0.4 is 15.4 Å². The molecule has 2 aromatic carbocycles. The fraction of sp³-hybridized carbons (Fsp3) is 0.370. The lowest BCUT2D eigenvalue weighted by Crippen LogP contribution is -2.51. The minimum absolute atomic E-state index is 0.243. The van der Waals surface area contributed by atoms with E-state index in [2.05, 4.69) is 26.5 Å². The summed E-state index contributed by atoms with van der Waals surface area (Å²) in [6, 6.07) is 16.1. The molecule has 9 nitrogen and oxygen atoms in total. The van der Waals surface area contributed by atoms with Crippen LogP contribution in [-0.2, 0) is 16.1 Å². The molecule has 1 fully saturated rings. The molecule has 36 heavy (non-hydrogen) atoms. The van der Waals surface area contributed by atoms with Crippen LogP contribution >= 0.6 is 0 Å². The van der Waals surface area contributed by atoms with Crippen LogP contribution in [0.25, 0.3) is 0 Å². The maximum Gasteiger partial charge on any atom is 0.338 e. The Morgan fingerprint density at radius 3 is 2.25 bits per heavy atom. The second-order valence-corrected chi connectivity index (χ2v) is 8.78. The summed E-state index contributed by atoms with van der Waals surface area (Å²) in [5.74, 6) is 0.250. The third-order valence-corrected chi connectivity index (χ3v) is 6.43. The molecule has 1 saturated heterocycles. The van der Waals surface area contributed by atoms with Gasteiger partial charge in [0.15, 0.2) is 0 Å². The number of amides is 2. The number of nitrogens with one attached hydrogen (secondary N) is 2. The van der Waals surface area contributed by atoms with Crippen molar-refractivity contribution in [1.29, 1.82) is 5.26 Å². The lowest BCUT2D eigenvalue weighted by molar-refractivity contribution is -0.139. The summed E-state index contributed by atoms with van der Waals surface area (Å²) < 4.78 is 10.6. The number of urea groups is 1. The summed E-state index contributed by atoms with van der Waals surface area (Å²) in [5, 5.41) is 14.7. The average molecular weight is 490 g/mol. The summed E-state index contributed by atoms with van der Waals surface area (Å²) in [6.45, 7) is 6.58. The highest BCUT2D eigenvalue weighted by molar-refractivity contribution is 5.95. The highest BCUT2D eigenvalue weighted by Crippen LogP contribution is 2.29. The van der Waals surface area contributed by atoms with E-state index < -0.39 is 12.0 Å². The van der Waals surface area contributed by atoms with Crippen LogP contribution in [0.15, 0.2) is 59.8 Å². The van der Waals surface area contributed by atoms with Crippen molar-refractivity contribution in [2.75, 3.05) is 46.4 Å². The molecule has 2 aromatic rings. The molecule has 9 heteroatoms. The van der Waals surface area contributed by atoms with Crippen molar-refractivity contribution in [2.45, 2.75) is 19.5 Å². The minimum Gasteiger partial charge on any atom is -0.497 e. The van der Waals surface area contributed by atoms with Crippen molar-refractivity contribution in [2.24, 2.45) is 0 Å². The lowest BCUT2D eigenvalue weighted by Gasteiger charge is -2.37. The number of esters is 1. The number of methoxy groups -OCH3 is 1. The second-order valence-electron chi connectivity index (χ2n) is 8.78. The van der Waals surface area contributed by atoms with E-state index in [0.717, 1.165) is 38.3 Å². The molecule has 1 unspecified atom stereocenters. The van der Waals surface area contributed by atoms with E-state index in [-0.39, 0.29) is 12.6 Å². The maximum atomic E-state index is 13.0. The number of piperazine rings is 1. The molecule has 2 heterocycles. The van der Waals surface area contributed by atoms with Gasteiger partial charge < -0.3 is 20.1 Å². The normalized spacial score (nSPS) is 18.7. The van der Waals surface area contributed by atoms with Crippen LogP contribution in [0.5, 0.6) is 5.75 Å². The Hall–Kier alpha value is -3.87. The summed E-state index contributed by atoms with van der Waals surface area (Å²) in [6.07, 6.45) is 0. The van der Waals surface area contributed by atoms with Gasteiger partial charge in [0.1, 0.15) is 5.75 Å². The van der Waals surface area contributed by atoms with Crippen LogP contribution in [0.4, 0.5) is 4.79 Å². The van der Waals surface area contributed by atoms with Gasteiger partial charge in [0.2, 0.25) is 0 Å². The lowest BCUT2D eigenvalue weighted by atomic mass is 9.94. The van der Waals surface area contributed by atoms with Crippen molar-refractivity contribution in [3.05, 3.63) is 76.5 Å². The van der Waals surface area contributed by atoms with E-state index in [1.54, 1.807) is 26.2 Å². The van der Waals surface area contributed by atoms with Crippen molar-refractivity contribution >= 4 is 12.0 Å². The first-order chi connectivity index (χ1) is 17.5. The first-order valence-corrected chi connectivity index (χ1v) is 12.1. The molecule has 0 radical (unpaired) electrons. The first-order valence-electron chi connectivity index (χ1n) is 12.1. The molecule has 0 bridgehead atoms. The Balaban J connectivity index is 1.48. The largest absolute Gasteiger partial charge is 0.497 e. The number of hydrogen-bond donors (Lipinski definition) is 2. The quantitative estimate of drug-likeness (QED) is 0.549. The molecule has 2 N–H and O–H groups in total. The summed E-state index contributed by atoms with van der Waals surface area (Å²) in [5.41, 5.74) is 3.59. The smallest absolute Gasteiger partial charge is 0.338 e. The number of rotatable bonds is 8. The molecule has 188 valence electrons. The number of hydrogen-bond acceptors (Lipinski definition) is 7. The van der Waals surface area contributed by atoms with Crippen molar-refractivity contribution in [1.82, 2.24) is 20.4 Å². The Morgan fingerprint density at radius 1 is 1.03 bits per heavy atom. The molecular formula is C27H31N5O4. The Kier molecular flexibility index (Phi) is 8.21. The molecule has 4 rings (SSSR count). The SMILES string of the molecule is CCOC(=O)C1=C(CN2CCN(Cc3ccc(C#N)cc3)CC2)NC(=O)NC1c1ccc(OC)cc1. The summed E-state index contributed by atoms with van der Waals surface area (Å²) in [7, 11) is 1.59. The molecule has 2 aliphatic rings. The second kappa shape index (κ2) is 11.7. The molecule has 2 amide bonds. The van der Waals surface area contributed by atoms with Crippen LogP contribution in [0.2, 0.25) is 0 Å². The maximum absolute atomic E-state index is 13.0. The minimum atomic E-state index is -0.614. The van der Waals surface area contributed by atoms with Gasteiger partial charge in [-0.15, -0.1) is 0 Å². The third kappa shape index (κ3) is 6.03. The predicted molar refractivity (Wildman–Crippen MR) is 134 cm³/mol. The van der Waals surface area contributed by atoms with Crippen molar-refractivity contribution < 1.29 is 19.1 Å². The van der Waals surface area contributed by atoms with Gasteiger partial charge in [-0.25, -0.2) is 9.59 Å². The van der Waals surface area contributed by atoms with Crippen LogP contribution in [0.3, 0.4) is 0 Å². The van der Waals surface area contributed by atoms with E-state index in [9.17, 15) is 9.59 Å². The van der Waals surface area contributed by atoms with Gasteiger partial charge in [0.25, 0.3) is 0 Å². The number of ether oxygens (including phenoxy) is 2. The average Bonchev–Trinajstić information content (AvgIpc) is 2.90.